The van der Waals surface area contributed by atoms with Crippen LogP contribution in [0.3, 0.4) is 0 Å². The van der Waals surface area contributed by atoms with Crippen molar-refractivity contribution < 1.29 is 0 Å². The molecule has 1 saturated heterocycles. The van der Waals surface area contributed by atoms with Gasteiger partial charge in [0.2, 0.25) is 0 Å². The molecule has 2 rings (SSSR count). The first-order valence-corrected chi connectivity index (χ1v) is 7.77. The van der Waals surface area contributed by atoms with Crippen LogP contribution in [0.5, 0.6) is 0 Å². The molecule has 0 saturated carbocycles. The Balaban J connectivity index is 2.05. The number of nitrogens with zero attached hydrogens (tertiary/aromatic N) is 1. The second-order valence-corrected chi connectivity index (χ2v) is 6.22. The molecule has 2 nitrogen and oxygen atoms in total. The van der Waals surface area contributed by atoms with Crippen molar-refractivity contribution in [3.8, 4) is 0 Å². The van der Waals surface area contributed by atoms with Crippen molar-refractivity contribution in [3.63, 3.8) is 0 Å². The number of likely N-dealkylation sites (tertiary alicyclic amines) is 1. The van der Waals surface area contributed by atoms with E-state index in [1.165, 1.54) is 44.2 Å². The van der Waals surface area contributed by atoms with Crippen molar-refractivity contribution in [3.05, 3.63) is 28.2 Å². The van der Waals surface area contributed by atoms with Crippen LogP contribution in [0.15, 0.2) is 22.7 Å². The van der Waals surface area contributed by atoms with Crippen LogP contribution in [0.4, 0.5) is 5.69 Å². The van der Waals surface area contributed by atoms with Gasteiger partial charge in [0.25, 0.3) is 0 Å². The number of halogens is 1. The van der Waals surface area contributed by atoms with E-state index in [0.29, 0.717) is 0 Å². The van der Waals surface area contributed by atoms with Crippen LogP contribution in [0.2, 0.25) is 0 Å². The molecule has 100 valence electrons. The van der Waals surface area contributed by atoms with Gasteiger partial charge in [0, 0.05) is 22.7 Å². The number of benzene rings is 1. The van der Waals surface area contributed by atoms with Gasteiger partial charge in [-0.05, 0) is 49.6 Å². The summed E-state index contributed by atoms with van der Waals surface area (Å²) in [6, 6.07) is 7.02. The lowest BCUT2D eigenvalue weighted by Crippen LogP contribution is -2.38. The summed E-state index contributed by atoms with van der Waals surface area (Å²) in [5.41, 5.74) is 8.08. The summed E-state index contributed by atoms with van der Waals surface area (Å²) in [7, 11) is 0. The Morgan fingerprint density at radius 1 is 1.33 bits per heavy atom. The van der Waals surface area contributed by atoms with Gasteiger partial charge in [-0.2, -0.15) is 0 Å². The van der Waals surface area contributed by atoms with Gasteiger partial charge in [0.1, 0.15) is 0 Å². The molecule has 1 aromatic rings. The summed E-state index contributed by atoms with van der Waals surface area (Å²) in [6.07, 6.45) is 6.69. The zero-order valence-electron chi connectivity index (χ0n) is 11.2. The Labute approximate surface area is 119 Å². The number of nitrogens with two attached hydrogens (primary N) is 1. The van der Waals surface area contributed by atoms with Crippen LogP contribution in [0.1, 0.15) is 44.6 Å². The van der Waals surface area contributed by atoms with E-state index >= 15 is 0 Å². The minimum absolute atomic E-state index is 0.768. The van der Waals surface area contributed by atoms with Gasteiger partial charge < -0.3 is 5.73 Å². The molecule has 0 aromatic heterocycles. The van der Waals surface area contributed by atoms with E-state index in [1.54, 1.807) is 0 Å². The fraction of sp³-hybridized carbons (Fsp3) is 0.600. The third-order valence-electron chi connectivity index (χ3n) is 3.74. The Morgan fingerprint density at radius 3 is 2.89 bits per heavy atom. The third-order valence-corrected chi connectivity index (χ3v) is 4.19. The van der Waals surface area contributed by atoms with Crippen molar-refractivity contribution in [2.75, 3.05) is 12.3 Å². The Morgan fingerprint density at radius 2 is 2.17 bits per heavy atom. The molecule has 0 radical (unpaired) electrons. The smallest absolute Gasteiger partial charge is 0.0328 e. The quantitative estimate of drug-likeness (QED) is 0.845. The van der Waals surface area contributed by atoms with Crippen molar-refractivity contribution in [2.24, 2.45) is 0 Å². The van der Waals surface area contributed by atoms with E-state index in [-0.39, 0.29) is 0 Å². The van der Waals surface area contributed by atoms with Gasteiger partial charge in [-0.25, -0.2) is 0 Å². The summed E-state index contributed by atoms with van der Waals surface area (Å²) in [6.45, 7) is 4.55. The lowest BCUT2D eigenvalue weighted by Gasteiger charge is -2.35. The Hall–Kier alpha value is -0.540. The van der Waals surface area contributed by atoms with Crippen molar-refractivity contribution in [1.29, 1.82) is 0 Å². The molecule has 0 bridgehead atoms. The van der Waals surface area contributed by atoms with Gasteiger partial charge in [-0.1, -0.05) is 35.7 Å². The Kier molecular flexibility index (Phi) is 5.07. The van der Waals surface area contributed by atoms with Gasteiger partial charge in [0.05, 0.1) is 0 Å². The average molecular weight is 311 g/mol. The molecule has 1 aliphatic heterocycles. The maximum atomic E-state index is 5.91. The second-order valence-electron chi connectivity index (χ2n) is 5.30. The van der Waals surface area contributed by atoms with Crippen LogP contribution < -0.4 is 5.73 Å². The zero-order valence-corrected chi connectivity index (χ0v) is 12.7. The van der Waals surface area contributed by atoms with Crippen LogP contribution in [-0.4, -0.2) is 17.5 Å². The topological polar surface area (TPSA) is 29.3 Å². The molecule has 1 aromatic carbocycles. The van der Waals surface area contributed by atoms with Gasteiger partial charge in [0.15, 0.2) is 0 Å². The second kappa shape index (κ2) is 6.58. The van der Waals surface area contributed by atoms with Crippen LogP contribution in [0.25, 0.3) is 0 Å². The molecule has 1 heterocycles. The number of piperidine rings is 1. The Bertz CT molecular complexity index is 370. The molecule has 2 N–H and O–H groups in total. The highest BCUT2D eigenvalue weighted by Gasteiger charge is 2.21. The molecule has 0 spiro atoms. The number of hydrogen-bond acceptors (Lipinski definition) is 2. The number of rotatable bonds is 4. The maximum absolute atomic E-state index is 5.91. The van der Waals surface area contributed by atoms with E-state index < -0.39 is 0 Å². The molecule has 1 fully saturated rings. The van der Waals surface area contributed by atoms with Crippen molar-refractivity contribution in [1.82, 2.24) is 4.90 Å². The monoisotopic (exact) mass is 310 g/mol. The van der Waals surface area contributed by atoms with Crippen LogP contribution in [0, 0.1) is 0 Å². The fourth-order valence-corrected chi connectivity index (χ4v) is 3.49. The minimum Gasteiger partial charge on any atom is -0.399 e. The molecule has 0 amide bonds. The SMILES string of the molecule is CCCC1CCCCN1Cc1cc(N)cc(Br)c1. The zero-order chi connectivity index (χ0) is 13.0. The van der Waals surface area contributed by atoms with E-state index in [1.807, 2.05) is 6.07 Å². The summed E-state index contributed by atoms with van der Waals surface area (Å²) in [5, 5.41) is 0. The average Bonchev–Trinajstić information content (AvgIpc) is 2.30. The summed E-state index contributed by atoms with van der Waals surface area (Å²) >= 11 is 3.53. The van der Waals surface area contributed by atoms with Crippen molar-refractivity contribution >= 4 is 21.6 Å². The largest absolute Gasteiger partial charge is 0.399 e. The lowest BCUT2D eigenvalue weighted by atomic mass is 9.97. The summed E-state index contributed by atoms with van der Waals surface area (Å²) in [4.78, 5) is 2.63. The standard InChI is InChI=1S/C15H23BrN2/c1-2-5-15-6-3-4-7-18(15)11-12-8-13(16)10-14(17)9-12/h8-10,15H,2-7,11,17H2,1H3. The number of anilines is 1. The molecule has 0 aliphatic carbocycles. The van der Waals surface area contributed by atoms with E-state index in [9.17, 15) is 0 Å². The van der Waals surface area contributed by atoms with Crippen LogP contribution in [-0.2, 0) is 6.54 Å². The van der Waals surface area contributed by atoms with E-state index in [0.717, 1.165) is 22.7 Å². The van der Waals surface area contributed by atoms with Crippen LogP contribution >= 0.6 is 15.9 Å². The first-order chi connectivity index (χ1) is 8.69. The molecule has 1 atom stereocenters. The molecule has 18 heavy (non-hydrogen) atoms. The predicted octanol–water partition coefficient (Wildman–Crippen LogP) is 4.19. The predicted molar refractivity (Wildman–Crippen MR) is 81.5 cm³/mol. The van der Waals surface area contributed by atoms with Gasteiger partial charge in [-0.3, -0.25) is 4.90 Å². The highest BCUT2D eigenvalue weighted by Crippen LogP contribution is 2.25. The van der Waals surface area contributed by atoms with E-state index in [4.69, 9.17) is 5.73 Å². The van der Waals surface area contributed by atoms with Gasteiger partial charge in [-0.15, -0.1) is 0 Å². The molecule has 3 heteroatoms. The first kappa shape index (κ1) is 13.9. The highest BCUT2D eigenvalue weighted by molar-refractivity contribution is 9.10. The molecule has 1 aliphatic rings. The molecular weight excluding hydrogens is 288 g/mol. The summed E-state index contributed by atoms with van der Waals surface area (Å²) in [5.74, 6) is 0. The molecule has 1 unspecified atom stereocenters. The third kappa shape index (κ3) is 3.72. The number of hydrogen-bond donors (Lipinski definition) is 1. The first-order valence-electron chi connectivity index (χ1n) is 6.98. The van der Waals surface area contributed by atoms with Crippen molar-refractivity contribution in [2.45, 2.75) is 51.6 Å². The lowest BCUT2D eigenvalue weighted by molar-refractivity contribution is 0.131. The maximum Gasteiger partial charge on any atom is 0.0328 e. The van der Waals surface area contributed by atoms with Gasteiger partial charge >= 0.3 is 0 Å². The number of nitrogen functional groups attached to an aromatic ring is 1. The summed E-state index contributed by atoms with van der Waals surface area (Å²) < 4.78 is 1.08. The minimum atomic E-state index is 0.768. The molecular formula is C15H23BrN2. The fourth-order valence-electron chi connectivity index (χ4n) is 2.93. The van der Waals surface area contributed by atoms with E-state index in [2.05, 4.69) is 39.9 Å². The highest BCUT2D eigenvalue weighted by atomic mass is 79.9. The normalized spacial score (nSPS) is 21.1.